The molecule has 0 unspecified atom stereocenters. The van der Waals surface area contributed by atoms with E-state index in [0.29, 0.717) is 5.78 Å². The number of ketones is 1. The van der Waals surface area contributed by atoms with Crippen molar-refractivity contribution in [2.45, 2.75) is 44.4 Å². The predicted molar refractivity (Wildman–Crippen MR) is 78.0 cm³/mol. The lowest BCUT2D eigenvalue weighted by atomic mass is 9.59. The van der Waals surface area contributed by atoms with E-state index >= 15 is 0 Å². The quantitative estimate of drug-likeness (QED) is 0.728. The largest absolute Gasteiger partial charge is 0.497 e. The van der Waals surface area contributed by atoms with Crippen LogP contribution in [0.1, 0.15) is 43.7 Å². The van der Waals surface area contributed by atoms with E-state index in [4.69, 9.17) is 4.74 Å². The standard InChI is InChI=1S/C18H20O2/c1-17-8-3-9-18(16(19)11-17)14-6-5-13(20-2)10-12(14)4-7-15(17)18/h5-7,10H,3-4,8-9,11H2,1-2H3/t17-,18+/m0/s1. The van der Waals surface area contributed by atoms with Crippen molar-refractivity contribution in [3.63, 3.8) is 0 Å². The van der Waals surface area contributed by atoms with Gasteiger partial charge in [0.25, 0.3) is 0 Å². The van der Waals surface area contributed by atoms with Crippen LogP contribution in [-0.4, -0.2) is 12.9 Å². The molecular formula is C18H20O2. The van der Waals surface area contributed by atoms with Gasteiger partial charge in [-0.15, -0.1) is 0 Å². The molecule has 4 rings (SSSR count). The second kappa shape index (κ2) is 3.75. The maximum absolute atomic E-state index is 12.9. The lowest BCUT2D eigenvalue weighted by Crippen LogP contribution is -2.39. The molecule has 0 aromatic heterocycles. The van der Waals surface area contributed by atoms with Crippen LogP contribution in [0.25, 0.3) is 0 Å². The third-order valence-electron chi connectivity index (χ3n) is 5.72. The molecule has 2 nitrogen and oxygen atoms in total. The van der Waals surface area contributed by atoms with Crippen LogP contribution in [0.3, 0.4) is 0 Å². The predicted octanol–water partition coefficient (Wildman–Crippen LogP) is 3.58. The number of carbonyl (C=O) groups is 1. The van der Waals surface area contributed by atoms with E-state index in [2.05, 4.69) is 25.1 Å². The normalized spacial score (nSPS) is 34.3. The molecule has 0 heterocycles. The highest BCUT2D eigenvalue weighted by Gasteiger charge is 2.60. The van der Waals surface area contributed by atoms with E-state index in [1.54, 1.807) is 7.11 Å². The molecule has 1 aromatic carbocycles. The summed E-state index contributed by atoms with van der Waals surface area (Å²) in [5, 5.41) is 0. The van der Waals surface area contributed by atoms with Crippen LogP contribution < -0.4 is 4.74 Å². The molecule has 0 amide bonds. The second-order valence-corrected chi connectivity index (χ2v) is 6.76. The molecular weight excluding hydrogens is 248 g/mol. The number of ether oxygens (including phenoxy) is 1. The van der Waals surface area contributed by atoms with Gasteiger partial charge in [-0.2, -0.15) is 0 Å². The van der Waals surface area contributed by atoms with Crippen LogP contribution in [0, 0.1) is 5.41 Å². The minimum Gasteiger partial charge on any atom is -0.497 e. The molecule has 20 heavy (non-hydrogen) atoms. The molecule has 0 radical (unpaired) electrons. The summed E-state index contributed by atoms with van der Waals surface area (Å²) in [6.45, 7) is 2.28. The van der Waals surface area contributed by atoms with Crippen molar-refractivity contribution in [1.29, 1.82) is 0 Å². The van der Waals surface area contributed by atoms with E-state index in [9.17, 15) is 4.79 Å². The van der Waals surface area contributed by atoms with Crippen LogP contribution in [-0.2, 0) is 16.6 Å². The fraction of sp³-hybridized carbons (Fsp3) is 0.500. The summed E-state index contributed by atoms with van der Waals surface area (Å²) < 4.78 is 5.33. The summed E-state index contributed by atoms with van der Waals surface area (Å²) in [7, 11) is 1.70. The second-order valence-electron chi connectivity index (χ2n) is 6.76. The molecule has 2 saturated carbocycles. The van der Waals surface area contributed by atoms with Crippen molar-refractivity contribution in [2.75, 3.05) is 7.11 Å². The van der Waals surface area contributed by atoms with Crippen LogP contribution in [0.2, 0.25) is 0 Å². The third kappa shape index (κ3) is 1.27. The van der Waals surface area contributed by atoms with Gasteiger partial charge in [0.05, 0.1) is 12.5 Å². The molecule has 2 bridgehead atoms. The minimum atomic E-state index is -0.299. The van der Waals surface area contributed by atoms with Gasteiger partial charge in [0, 0.05) is 6.42 Å². The van der Waals surface area contributed by atoms with Crippen molar-refractivity contribution in [3.8, 4) is 5.75 Å². The van der Waals surface area contributed by atoms with Crippen molar-refractivity contribution >= 4 is 5.78 Å². The van der Waals surface area contributed by atoms with Gasteiger partial charge in [0.2, 0.25) is 0 Å². The number of hydrogen-bond donors (Lipinski definition) is 0. The van der Waals surface area contributed by atoms with Gasteiger partial charge < -0.3 is 4.74 Å². The van der Waals surface area contributed by atoms with Gasteiger partial charge in [-0.25, -0.2) is 0 Å². The molecule has 0 N–H and O–H groups in total. The van der Waals surface area contributed by atoms with E-state index in [-0.39, 0.29) is 10.8 Å². The van der Waals surface area contributed by atoms with Crippen LogP contribution >= 0.6 is 0 Å². The maximum atomic E-state index is 12.9. The molecule has 2 atom stereocenters. The summed E-state index contributed by atoms with van der Waals surface area (Å²) in [5.74, 6) is 1.33. The zero-order valence-electron chi connectivity index (χ0n) is 12.2. The number of Topliss-reactive ketones (excluding diaryl/α,β-unsaturated/α-hetero) is 1. The molecule has 0 aliphatic heterocycles. The molecule has 1 aromatic rings. The first-order valence-corrected chi connectivity index (χ1v) is 7.52. The van der Waals surface area contributed by atoms with Crippen molar-refractivity contribution < 1.29 is 9.53 Å². The highest BCUT2D eigenvalue weighted by atomic mass is 16.5. The van der Waals surface area contributed by atoms with Crippen LogP contribution in [0.5, 0.6) is 5.75 Å². The topological polar surface area (TPSA) is 26.3 Å². The van der Waals surface area contributed by atoms with Gasteiger partial charge >= 0.3 is 0 Å². The summed E-state index contributed by atoms with van der Waals surface area (Å²) in [6, 6.07) is 6.25. The number of rotatable bonds is 1. The Hall–Kier alpha value is -1.57. The highest BCUT2D eigenvalue weighted by Crippen LogP contribution is 2.62. The fourth-order valence-corrected chi connectivity index (χ4v) is 4.85. The van der Waals surface area contributed by atoms with E-state index < -0.39 is 0 Å². The van der Waals surface area contributed by atoms with E-state index in [0.717, 1.165) is 37.9 Å². The zero-order valence-corrected chi connectivity index (χ0v) is 12.2. The Labute approximate surface area is 119 Å². The highest BCUT2D eigenvalue weighted by molar-refractivity contribution is 5.99. The summed E-state index contributed by atoms with van der Waals surface area (Å²) in [4.78, 5) is 12.9. The average molecular weight is 268 g/mol. The van der Waals surface area contributed by atoms with Gasteiger partial charge in [-0.05, 0) is 53.5 Å². The molecule has 104 valence electrons. The first-order valence-electron chi connectivity index (χ1n) is 7.52. The Bertz CT molecular complexity index is 643. The smallest absolute Gasteiger partial charge is 0.148 e. The SMILES string of the molecule is COc1ccc2c(c1)CC=C1[C@@]3(C)CCC[C@]12C(=O)C3. The molecule has 3 aliphatic rings. The Kier molecular flexibility index (Phi) is 2.28. The third-order valence-corrected chi connectivity index (χ3v) is 5.72. The first kappa shape index (κ1) is 12.2. The lowest BCUT2D eigenvalue weighted by molar-refractivity contribution is -0.121. The fourth-order valence-electron chi connectivity index (χ4n) is 4.85. The zero-order chi connectivity index (χ0) is 14.0. The lowest BCUT2D eigenvalue weighted by Gasteiger charge is -2.43. The number of carbonyl (C=O) groups excluding carboxylic acids is 1. The van der Waals surface area contributed by atoms with Gasteiger partial charge in [-0.3, -0.25) is 4.79 Å². The van der Waals surface area contributed by atoms with E-state index in [1.807, 2.05) is 6.07 Å². The van der Waals surface area contributed by atoms with E-state index in [1.165, 1.54) is 16.7 Å². The summed E-state index contributed by atoms with van der Waals surface area (Å²) in [5.41, 5.74) is 3.76. The average Bonchev–Trinajstić information content (AvgIpc) is 2.58. The number of allylic oxidation sites excluding steroid dienone is 2. The van der Waals surface area contributed by atoms with Crippen LogP contribution in [0.15, 0.2) is 29.8 Å². The molecule has 2 heteroatoms. The monoisotopic (exact) mass is 268 g/mol. The Morgan fingerprint density at radius 3 is 2.90 bits per heavy atom. The number of fused-ring (bicyclic) bond motifs is 1. The molecule has 0 saturated heterocycles. The molecule has 3 aliphatic carbocycles. The summed E-state index contributed by atoms with van der Waals surface area (Å²) in [6.07, 6.45) is 7.32. The number of methoxy groups -OCH3 is 1. The van der Waals surface area contributed by atoms with Crippen molar-refractivity contribution in [3.05, 3.63) is 41.0 Å². The first-order chi connectivity index (χ1) is 9.60. The minimum absolute atomic E-state index is 0.118. The molecule has 0 spiro atoms. The number of benzene rings is 1. The number of hydrogen-bond acceptors (Lipinski definition) is 2. The maximum Gasteiger partial charge on any atom is 0.148 e. The van der Waals surface area contributed by atoms with Crippen molar-refractivity contribution in [2.24, 2.45) is 5.41 Å². The van der Waals surface area contributed by atoms with Crippen LogP contribution in [0.4, 0.5) is 0 Å². The Balaban J connectivity index is 1.96. The van der Waals surface area contributed by atoms with Gasteiger partial charge in [-0.1, -0.05) is 25.5 Å². The Morgan fingerprint density at radius 2 is 2.10 bits per heavy atom. The van der Waals surface area contributed by atoms with Gasteiger partial charge in [0.1, 0.15) is 11.5 Å². The van der Waals surface area contributed by atoms with Crippen molar-refractivity contribution in [1.82, 2.24) is 0 Å². The molecule has 2 fully saturated rings. The van der Waals surface area contributed by atoms with Gasteiger partial charge in [0.15, 0.2) is 0 Å². The Morgan fingerprint density at radius 1 is 1.25 bits per heavy atom. The summed E-state index contributed by atoms with van der Waals surface area (Å²) >= 11 is 0.